The number of benzene rings is 1. The van der Waals surface area contributed by atoms with E-state index >= 15 is 0 Å². The zero-order chi connectivity index (χ0) is 11.4. The number of hydrogen-bond donors (Lipinski definition) is 3. The van der Waals surface area contributed by atoms with Crippen molar-refractivity contribution in [1.82, 2.24) is 0 Å². The van der Waals surface area contributed by atoms with Gasteiger partial charge in [-0.25, -0.2) is 4.39 Å². The summed E-state index contributed by atoms with van der Waals surface area (Å²) in [6.45, 7) is -0.396. The lowest BCUT2D eigenvalue weighted by Gasteiger charge is -2.05. The first-order chi connectivity index (χ1) is 7.00. The van der Waals surface area contributed by atoms with E-state index in [1.807, 2.05) is 0 Å². The number of anilines is 1. The zero-order valence-electron chi connectivity index (χ0n) is 7.66. The fraction of sp³-hybridized carbons (Fsp3) is 0.111. The van der Waals surface area contributed by atoms with E-state index in [9.17, 15) is 14.0 Å². The maximum atomic E-state index is 13.2. The van der Waals surface area contributed by atoms with Crippen LogP contribution in [-0.4, -0.2) is 23.5 Å². The van der Waals surface area contributed by atoms with Gasteiger partial charge in [-0.1, -0.05) is 0 Å². The third-order valence-corrected chi connectivity index (χ3v) is 1.68. The van der Waals surface area contributed by atoms with Crippen LogP contribution >= 0.6 is 0 Å². The van der Waals surface area contributed by atoms with Gasteiger partial charge in [0.25, 0.3) is 0 Å². The zero-order valence-corrected chi connectivity index (χ0v) is 7.66. The van der Waals surface area contributed by atoms with E-state index < -0.39 is 24.2 Å². The highest BCUT2D eigenvalue weighted by Crippen LogP contribution is 2.14. The third-order valence-electron chi connectivity index (χ3n) is 1.68. The van der Waals surface area contributed by atoms with E-state index in [1.165, 1.54) is 12.1 Å². The first-order valence-corrected chi connectivity index (χ1v) is 4.05. The topological polar surface area (TPSA) is 92.4 Å². The van der Waals surface area contributed by atoms with Gasteiger partial charge in [0.1, 0.15) is 12.4 Å². The van der Waals surface area contributed by atoms with E-state index in [-0.39, 0.29) is 11.3 Å². The van der Waals surface area contributed by atoms with Crippen molar-refractivity contribution < 1.29 is 19.1 Å². The van der Waals surface area contributed by atoms with Crippen LogP contribution in [0.4, 0.5) is 10.1 Å². The molecule has 0 aliphatic rings. The van der Waals surface area contributed by atoms with Gasteiger partial charge in [0.2, 0.25) is 5.91 Å². The van der Waals surface area contributed by atoms with E-state index in [0.29, 0.717) is 0 Å². The third kappa shape index (κ3) is 2.94. The number of carboxylic acids is 1. The molecule has 0 saturated heterocycles. The molecule has 5 nitrogen and oxygen atoms in total. The Hall–Kier alpha value is -2.11. The van der Waals surface area contributed by atoms with Gasteiger partial charge in [-0.2, -0.15) is 0 Å². The van der Waals surface area contributed by atoms with Crippen molar-refractivity contribution in [3.05, 3.63) is 29.6 Å². The maximum absolute atomic E-state index is 13.2. The summed E-state index contributed by atoms with van der Waals surface area (Å²) in [6.07, 6.45) is 0. The summed E-state index contributed by atoms with van der Waals surface area (Å²) in [4.78, 5) is 20.9. The number of halogens is 1. The van der Waals surface area contributed by atoms with Crippen molar-refractivity contribution in [3.8, 4) is 0 Å². The highest BCUT2D eigenvalue weighted by Gasteiger charge is 2.07. The van der Waals surface area contributed by atoms with Crippen LogP contribution in [0.5, 0.6) is 0 Å². The number of nitrogens with two attached hydrogens (primary N) is 1. The SMILES string of the molecule is NC(=O)c1ccc(NCC(=O)O)c(F)c1. The summed E-state index contributed by atoms with van der Waals surface area (Å²) in [6, 6.07) is 3.53. The summed E-state index contributed by atoms with van der Waals surface area (Å²) in [7, 11) is 0. The van der Waals surface area contributed by atoms with Gasteiger partial charge in [0, 0.05) is 5.56 Å². The van der Waals surface area contributed by atoms with E-state index in [0.717, 1.165) is 6.07 Å². The van der Waals surface area contributed by atoms with Crippen molar-refractivity contribution in [2.75, 3.05) is 11.9 Å². The van der Waals surface area contributed by atoms with Crippen LogP contribution in [0.15, 0.2) is 18.2 Å². The minimum atomic E-state index is -1.10. The van der Waals surface area contributed by atoms with Crippen LogP contribution in [0, 0.1) is 5.82 Å². The summed E-state index contributed by atoms with van der Waals surface area (Å²) >= 11 is 0. The molecule has 0 unspecified atom stereocenters. The minimum Gasteiger partial charge on any atom is -0.480 e. The quantitative estimate of drug-likeness (QED) is 0.674. The molecule has 1 amide bonds. The molecule has 1 rings (SSSR count). The fourth-order valence-electron chi connectivity index (χ4n) is 0.983. The first kappa shape index (κ1) is 11.0. The first-order valence-electron chi connectivity index (χ1n) is 4.05. The smallest absolute Gasteiger partial charge is 0.322 e. The lowest BCUT2D eigenvalue weighted by Crippen LogP contribution is -2.15. The molecule has 4 N–H and O–H groups in total. The summed E-state index contributed by atoms with van der Waals surface area (Å²) in [5.41, 5.74) is 4.99. The Kier molecular flexibility index (Phi) is 3.22. The molecule has 0 atom stereocenters. The average molecular weight is 212 g/mol. The highest BCUT2D eigenvalue weighted by atomic mass is 19.1. The molecule has 0 fully saturated rings. The van der Waals surface area contributed by atoms with Crippen molar-refractivity contribution >= 4 is 17.6 Å². The largest absolute Gasteiger partial charge is 0.480 e. The van der Waals surface area contributed by atoms with Gasteiger partial charge in [0.05, 0.1) is 5.69 Å². The Bertz CT molecular complexity index is 406. The number of nitrogens with one attached hydrogen (secondary N) is 1. The van der Waals surface area contributed by atoms with Gasteiger partial charge in [-0.15, -0.1) is 0 Å². The molecule has 6 heteroatoms. The summed E-state index contributed by atoms with van der Waals surface area (Å²) in [5, 5.41) is 10.7. The number of aliphatic carboxylic acids is 1. The Labute approximate surface area is 84.7 Å². The maximum Gasteiger partial charge on any atom is 0.322 e. The van der Waals surface area contributed by atoms with E-state index in [1.54, 1.807) is 0 Å². The molecule has 1 aromatic rings. The van der Waals surface area contributed by atoms with Gasteiger partial charge in [0.15, 0.2) is 0 Å². The van der Waals surface area contributed by atoms with Crippen LogP contribution in [-0.2, 0) is 4.79 Å². The lowest BCUT2D eigenvalue weighted by molar-refractivity contribution is -0.134. The number of rotatable bonds is 4. The molecule has 0 bridgehead atoms. The molecule has 0 heterocycles. The van der Waals surface area contributed by atoms with Crippen LogP contribution in [0.25, 0.3) is 0 Å². The number of amides is 1. The predicted molar refractivity (Wildman–Crippen MR) is 51.0 cm³/mol. The molecular weight excluding hydrogens is 203 g/mol. The molecular formula is C9H9FN2O3. The fourth-order valence-corrected chi connectivity index (χ4v) is 0.983. The number of carbonyl (C=O) groups is 2. The van der Waals surface area contributed by atoms with Crippen molar-refractivity contribution in [2.24, 2.45) is 5.73 Å². The molecule has 1 aromatic carbocycles. The minimum absolute atomic E-state index is 0.0161. The Morgan fingerprint density at radius 2 is 2.13 bits per heavy atom. The molecule has 0 aliphatic carbocycles. The Morgan fingerprint density at radius 3 is 2.60 bits per heavy atom. The van der Waals surface area contributed by atoms with Crippen molar-refractivity contribution in [1.29, 1.82) is 0 Å². The average Bonchev–Trinajstić information content (AvgIpc) is 2.15. The number of carboxylic acid groups (broad SMARTS) is 1. The molecule has 0 radical (unpaired) electrons. The molecule has 0 spiro atoms. The standard InChI is InChI=1S/C9H9FN2O3/c10-6-3-5(9(11)15)1-2-7(6)12-4-8(13)14/h1-3,12H,4H2,(H2,11,15)(H,13,14). The predicted octanol–water partition coefficient (Wildman–Crippen LogP) is 0.421. The van der Waals surface area contributed by atoms with Crippen LogP contribution in [0.2, 0.25) is 0 Å². The Balaban J connectivity index is 2.83. The van der Waals surface area contributed by atoms with Crippen LogP contribution < -0.4 is 11.1 Å². The molecule has 15 heavy (non-hydrogen) atoms. The molecule has 80 valence electrons. The molecule has 0 saturated carbocycles. The van der Waals surface area contributed by atoms with Gasteiger partial charge < -0.3 is 16.2 Å². The summed E-state index contributed by atoms with van der Waals surface area (Å²) in [5.74, 6) is -2.56. The monoisotopic (exact) mass is 212 g/mol. The molecule has 0 aromatic heterocycles. The van der Waals surface area contributed by atoms with Gasteiger partial charge in [-0.05, 0) is 18.2 Å². The van der Waals surface area contributed by atoms with Crippen LogP contribution in [0.3, 0.4) is 0 Å². The Morgan fingerprint density at radius 1 is 1.47 bits per heavy atom. The summed E-state index contributed by atoms with van der Waals surface area (Å²) < 4.78 is 13.2. The van der Waals surface area contributed by atoms with Gasteiger partial charge in [-0.3, -0.25) is 9.59 Å². The van der Waals surface area contributed by atoms with E-state index in [2.05, 4.69) is 5.32 Å². The second-order valence-corrected chi connectivity index (χ2v) is 2.81. The lowest BCUT2D eigenvalue weighted by atomic mass is 10.2. The molecule has 0 aliphatic heterocycles. The number of carbonyl (C=O) groups excluding carboxylic acids is 1. The number of primary amides is 1. The van der Waals surface area contributed by atoms with Crippen molar-refractivity contribution in [2.45, 2.75) is 0 Å². The van der Waals surface area contributed by atoms with Crippen molar-refractivity contribution in [3.63, 3.8) is 0 Å². The van der Waals surface area contributed by atoms with Crippen LogP contribution in [0.1, 0.15) is 10.4 Å². The normalized spacial score (nSPS) is 9.67. The van der Waals surface area contributed by atoms with Gasteiger partial charge >= 0.3 is 5.97 Å². The second kappa shape index (κ2) is 4.41. The second-order valence-electron chi connectivity index (χ2n) is 2.81. The van der Waals surface area contributed by atoms with E-state index in [4.69, 9.17) is 10.8 Å². The number of hydrogen-bond acceptors (Lipinski definition) is 3. The highest BCUT2D eigenvalue weighted by molar-refractivity contribution is 5.93.